The molecule has 9 heteroatoms. The van der Waals surface area contributed by atoms with Gasteiger partial charge >= 0.3 is 0 Å². The first-order valence-electron chi connectivity index (χ1n) is 9.39. The van der Waals surface area contributed by atoms with Crippen molar-refractivity contribution in [1.29, 1.82) is 0 Å². The topological polar surface area (TPSA) is 91.4 Å². The summed E-state index contributed by atoms with van der Waals surface area (Å²) in [6.45, 7) is 2.20. The molecule has 28 heavy (non-hydrogen) atoms. The van der Waals surface area contributed by atoms with Crippen LogP contribution in [0.4, 0.5) is 5.82 Å². The number of methoxy groups -OCH3 is 1. The molecule has 1 N–H and O–H groups in total. The molecular formula is C19H24N4O4S. The van der Waals surface area contributed by atoms with Gasteiger partial charge in [-0.2, -0.15) is 5.10 Å². The molecule has 1 saturated heterocycles. The standard InChI is InChI=1S/C19H24N4O4S/c1-25-16-11-15(13-23-7-2-6-20-23)12-17-18(16)19(21-27-17)22-28(24)10-5-14-3-8-26-9-4-14/h2,6-7,11-12,14H,3-5,8-10,13H2,1H3,(H,21,22). The zero-order chi connectivity index (χ0) is 19.3. The van der Waals surface area contributed by atoms with Crippen molar-refractivity contribution >= 4 is 27.8 Å². The lowest BCUT2D eigenvalue weighted by molar-refractivity contribution is 0.0656. The Labute approximate surface area is 165 Å². The van der Waals surface area contributed by atoms with Gasteiger partial charge in [-0.05, 0) is 48.9 Å². The molecule has 2 aromatic heterocycles. The van der Waals surface area contributed by atoms with E-state index in [1.54, 1.807) is 13.3 Å². The van der Waals surface area contributed by atoms with Crippen molar-refractivity contribution in [2.45, 2.75) is 25.8 Å². The van der Waals surface area contributed by atoms with Gasteiger partial charge in [-0.1, -0.05) is 5.16 Å². The molecular weight excluding hydrogens is 380 g/mol. The molecule has 1 aliphatic rings. The van der Waals surface area contributed by atoms with Gasteiger partial charge in [0.1, 0.15) is 22.1 Å². The van der Waals surface area contributed by atoms with Crippen LogP contribution in [0.5, 0.6) is 5.75 Å². The van der Waals surface area contributed by atoms with Crippen LogP contribution in [-0.4, -0.2) is 45.2 Å². The molecule has 150 valence electrons. The average Bonchev–Trinajstić information content (AvgIpc) is 3.37. The Balaban J connectivity index is 1.47. The van der Waals surface area contributed by atoms with Crippen LogP contribution in [0.3, 0.4) is 0 Å². The summed E-state index contributed by atoms with van der Waals surface area (Å²) < 4.78 is 33.7. The number of aromatic nitrogens is 3. The molecule has 0 radical (unpaired) electrons. The van der Waals surface area contributed by atoms with Crippen LogP contribution in [0.1, 0.15) is 24.8 Å². The van der Waals surface area contributed by atoms with E-state index in [2.05, 4.69) is 15.0 Å². The Morgan fingerprint density at radius 3 is 2.96 bits per heavy atom. The van der Waals surface area contributed by atoms with Crippen molar-refractivity contribution in [3.63, 3.8) is 0 Å². The maximum atomic E-state index is 12.5. The van der Waals surface area contributed by atoms with E-state index >= 15 is 0 Å². The third kappa shape index (κ3) is 4.36. The Kier molecular flexibility index (Phi) is 5.92. The van der Waals surface area contributed by atoms with Gasteiger partial charge in [-0.25, -0.2) is 4.21 Å². The molecule has 1 aromatic carbocycles. The van der Waals surface area contributed by atoms with Gasteiger partial charge in [-0.15, -0.1) is 0 Å². The second kappa shape index (κ2) is 8.74. The maximum absolute atomic E-state index is 12.5. The number of nitrogens with one attached hydrogen (secondary N) is 1. The fraction of sp³-hybridized carbons (Fsp3) is 0.474. The van der Waals surface area contributed by atoms with Crippen molar-refractivity contribution in [2.75, 3.05) is 30.8 Å². The lowest BCUT2D eigenvalue weighted by atomic mass is 9.98. The summed E-state index contributed by atoms with van der Waals surface area (Å²) in [7, 11) is 0.371. The molecule has 0 amide bonds. The smallest absolute Gasteiger partial charge is 0.192 e. The van der Waals surface area contributed by atoms with Gasteiger partial charge in [-0.3, -0.25) is 9.40 Å². The molecule has 3 aromatic rings. The van der Waals surface area contributed by atoms with E-state index in [0.29, 0.717) is 40.8 Å². The fourth-order valence-electron chi connectivity index (χ4n) is 3.46. The van der Waals surface area contributed by atoms with Crippen LogP contribution >= 0.6 is 0 Å². The zero-order valence-electron chi connectivity index (χ0n) is 15.8. The lowest BCUT2D eigenvalue weighted by Gasteiger charge is -2.21. The predicted octanol–water partition coefficient (Wildman–Crippen LogP) is 2.97. The number of benzene rings is 1. The normalized spacial score (nSPS) is 16.3. The van der Waals surface area contributed by atoms with Crippen molar-refractivity contribution in [3.8, 4) is 5.75 Å². The predicted molar refractivity (Wildman–Crippen MR) is 107 cm³/mol. The summed E-state index contributed by atoms with van der Waals surface area (Å²) in [5.74, 6) is 2.22. The van der Waals surface area contributed by atoms with Crippen LogP contribution in [0, 0.1) is 5.92 Å². The Hall–Kier alpha value is -2.39. The van der Waals surface area contributed by atoms with Gasteiger partial charge < -0.3 is 14.0 Å². The summed E-state index contributed by atoms with van der Waals surface area (Å²) >= 11 is 0. The molecule has 3 heterocycles. The minimum atomic E-state index is -1.23. The molecule has 1 unspecified atom stereocenters. The molecule has 0 bridgehead atoms. The highest BCUT2D eigenvalue weighted by Crippen LogP contribution is 2.34. The molecule has 0 saturated carbocycles. The van der Waals surface area contributed by atoms with Gasteiger partial charge in [0.25, 0.3) is 0 Å². The lowest BCUT2D eigenvalue weighted by Crippen LogP contribution is -2.19. The SMILES string of the molecule is COc1cc(Cn2cccn2)cc2onc(NS(=O)CCC3CCOCC3)c12. The number of fused-ring (bicyclic) bond motifs is 1. The molecule has 0 spiro atoms. The third-order valence-corrected chi connectivity index (χ3v) is 6.01. The number of hydrogen-bond donors (Lipinski definition) is 1. The maximum Gasteiger partial charge on any atom is 0.192 e. The largest absolute Gasteiger partial charge is 0.496 e. The molecule has 4 rings (SSSR count). The van der Waals surface area contributed by atoms with E-state index in [1.165, 1.54) is 0 Å². The molecule has 1 fully saturated rings. The van der Waals surface area contributed by atoms with Crippen molar-refractivity contribution in [2.24, 2.45) is 5.92 Å². The van der Waals surface area contributed by atoms with Crippen molar-refractivity contribution < 1.29 is 18.2 Å². The van der Waals surface area contributed by atoms with Crippen LogP contribution in [0.2, 0.25) is 0 Å². The average molecular weight is 404 g/mol. The van der Waals surface area contributed by atoms with Crippen LogP contribution < -0.4 is 9.46 Å². The minimum absolute atomic E-state index is 0.447. The summed E-state index contributed by atoms with van der Waals surface area (Å²) in [6.07, 6.45) is 6.62. The summed E-state index contributed by atoms with van der Waals surface area (Å²) in [6, 6.07) is 5.71. The Morgan fingerprint density at radius 2 is 2.21 bits per heavy atom. The molecule has 1 aliphatic heterocycles. The number of nitrogens with zero attached hydrogens (tertiary/aromatic N) is 3. The first-order chi connectivity index (χ1) is 13.7. The molecule has 0 aliphatic carbocycles. The van der Waals surface area contributed by atoms with E-state index in [9.17, 15) is 4.21 Å². The summed E-state index contributed by atoms with van der Waals surface area (Å²) in [4.78, 5) is 0. The second-order valence-corrected chi connectivity index (χ2v) is 8.21. The number of anilines is 1. The van der Waals surface area contributed by atoms with Crippen molar-refractivity contribution in [1.82, 2.24) is 14.9 Å². The highest BCUT2D eigenvalue weighted by Gasteiger charge is 2.19. The zero-order valence-corrected chi connectivity index (χ0v) is 16.6. The summed E-state index contributed by atoms with van der Waals surface area (Å²) in [5, 5.41) is 9.00. The monoisotopic (exact) mass is 404 g/mol. The van der Waals surface area contributed by atoms with Gasteiger partial charge in [0.15, 0.2) is 11.4 Å². The van der Waals surface area contributed by atoms with E-state index in [-0.39, 0.29) is 0 Å². The van der Waals surface area contributed by atoms with Crippen LogP contribution in [0.15, 0.2) is 35.1 Å². The van der Waals surface area contributed by atoms with Crippen molar-refractivity contribution in [3.05, 3.63) is 36.2 Å². The first kappa shape index (κ1) is 18.9. The number of hydrogen-bond acceptors (Lipinski definition) is 6. The van der Waals surface area contributed by atoms with E-state index in [4.69, 9.17) is 14.0 Å². The van der Waals surface area contributed by atoms with E-state index in [0.717, 1.165) is 38.0 Å². The first-order valence-corrected chi connectivity index (χ1v) is 10.7. The number of rotatable bonds is 8. The third-order valence-electron chi connectivity index (χ3n) is 4.98. The van der Waals surface area contributed by atoms with Gasteiger partial charge in [0.2, 0.25) is 0 Å². The second-order valence-electron chi connectivity index (χ2n) is 6.90. The minimum Gasteiger partial charge on any atom is -0.496 e. The fourth-order valence-corrected chi connectivity index (χ4v) is 4.47. The van der Waals surface area contributed by atoms with Gasteiger partial charge in [0, 0.05) is 31.4 Å². The molecule has 8 nitrogen and oxygen atoms in total. The Morgan fingerprint density at radius 1 is 1.36 bits per heavy atom. The number of ether oxygens (including phenoxy) is 2. The molecule has 1 atom stereocenters. The van der Waals surface area contributed by atoms with E-state index < -0.39 is 11.0 Å². The van der Waals surface area contributed by atoms with Crippen LogP contribution in [0.25, 0.3) is 11.0 Å². The summed E-state index contributed by atoms with van der Waals surface area (Å²) in [5.41, 5.74) is 1.57. The highest BCUT2D eigenvalue weighted by molar-refractivity contribution is 7.86. The van der Waals surface area contributed by atoms with Crippen LogP contribution in [-0.2, 0) is 22.3 Å². The van der Waals surface area contributed by atoms with Gasteiger partial charge in [0.05, 0.1) is 13.7 Å². The Bertz CT molecular complexity index is 935. The van der Waals surface area contributed by atoms with E-state index in [1.807, 2.05) is 29.1 Å². The quantitative estimate of drug-likeness (QED) is 0.621. The highest BCUT2D eigenvalue weighted by atomic mass is 32.2.